The van der Waals surface area contributed by atoms with Gasteiger partial charge in [0.2, 0.25) is 0 Å². The highest BCUT2D eigenvalue weighted by molar-refractivity contribution is 8.14. The zero-order chi connectivity index (χ0) is 11.4. The van der Waals surface area contributed by atoms with Crippen LogP contribution in [0, 0.1) is 11.8 Å². The molecule has 15 heavy (non-hydrogen) atoms. The van der Waals surface area contributed by atoms with E-state index < -0.39 is 0 Å². The number of aliphatic imine (C=N–C) groups is 1. The third kappa shape index (κ3) is 3.71. The Morgan fingerprint density at radius 2 is 2.07 bits per heavy atom. The van der Waals surface area contributed by atoms with Gasteiger partial charge in [0.15, 0.2) is 5.17 Å². The lowest BCUT2D eigenvalue weighted by Gasteiger charge is -2.21. The van der Waals surface area contributed by atoms with Crippen molar-refractivity contribution in [3.05, 3.63) is 0 Å². The van der Waals surface area contributed by atoms with Gasteiger partial charge < -0.3 is 5.32 Å². The summed E-state index contributed by atoms with van der Waals surface area (Å²) in [6, 6.07) is 0.534. The zero-order valence-electron chi connectivity index (χ0n) is 10.6. The van der Waals surface area contributed by atoms with Crippen LogP contribution in [-0.4, -0.2) is 23.0 Å². The Morgan fingerprint density at radius 3 is 2.53 bits per heavy atom. The maximum absolute atomic E-state index is 4.56. The normalized spacial score (nSPS) is 25.2. The molecule has 0 fully saturated rings. The molecule has 88 valence electrons. The van der Waals surface area contributed by atoms with E-state index >= 15 is 0 Å². The minimum Gasteiger partial charge on any atom is -0.362 e. The van der Waals surface area contributed by atoms with Crippen LogP contribution in [0.15, 0.2) is 4.99 Å². The number of nitrogens with zero attached hydrogens (tertiary/aromatic N) is 1. The van der Waals surface area contributed by atoms with Crippen LogP contribution in [0.2, 0.25) is 0 Å². The minimum atomic E-state index is 0.534. The Kier molecular flexibility index (Phi) is 4.97. The van der Waals surface area contributed by atoms with Gasteiger partial charge in [0.1, 0.15) is 0 Å². The highest BCUT2D eigenvalue weighted by Crippen LogP contribution is 2.26. The highest BCUT2D eigenvalue weighted by Gasteiger charge is 2.23. The molecule has 0 aromatic rings. The summed E-state index contributed by atoms with van der Waals surface area (Å²) in [6.07, 6.45) is 1.22. The lowest BCUT2D eigenvalue weighted by atomic mass is 10.0. The molecule has 3 atom stereocenters. The van der Waals surface area contributed by atoms with E-state index in [2.05, 4.69) is 44.9 Å². The van der Waals surface area contributed by atoms with Crippen molar-refractivity contribution in [2.45, 2.75) is 52.3 Å². The van der Waals surface area contributed by atoms with Crippen LogP contribution in [0.5, 0.6) is 0 Å². The number of nitrogens with one attached hydrogen (secondary N) is 1. The maximum Gasteiger partial charge on any atom is 0.157 e. The predicted molar refractivity (Wildman–Crippen MR) is 70.6 cm³/mol. The summed E-state index contributed by atoms with van der Waals surface area (Å²) in [7, 11) is 0. The lowest BCUT2D eigenvalue weighted by molar-refractivity contribution is 0.439. The van der Waals surface area contributed by atoms with Gasteiger partial charge in [-0.2, -0.15) is 0 Å². The first kappa shape index (κ1) is 12.9. The summed E-state index contributed by atoms with van der Waals surface area (Å²) in [4.78, 5) is 4.56. The number of rotatable bonds is 4. The third-order valence-electron chi connectivity index (χ3n) is 3.27. The molecular formula is C12H24N2S. The van der Waals surface area contributed by atoms with E-state index in [9.17, 15) is 0 Å². The Bertz CT molecular complexity index is 226. The van der Waals surface area contributed by atoms with Gasteiger partial charge in [-0.1, -0.05) is 45.9 Å². The van der Waals surface area contributed by atoms with Gasteiger partial charge in [-0.15, -0.1) is 0 Å². The van der Waals surface area contributed by atoms with E-state index in [-0.39, 0.29) is 0 Å². The van der Waals surface area contributed by atoms with Crippen molar-refractivity contribution in [1.29, 1.82) is 0 Å². The lowest BCUT2D eigenvalue weighted by Crippen LogP contribution is -2.35. The summed E-state index contributed by atoms with van der Waals surface area (Å²) < 4.78 is 0. The predicted octanol–water partition coefficient (Wildman–Crippen LogP) is 3.14. The molecule has 1 N–H and O–H groups in total. The van der Waals surface area contributed by atoms with Crippen molar-refractivity contribution >= 4 is 16.9 Å². The van der Waals surface area contributed by atoms with E-state index in [4.69, 9.17) is 0 Å². The second-order valence-electron chi connectivity index (χ2n) is 4.86. The molecule has 1 rings (SSSR count). The van der Waals surface area contributed by atoms with Gasteiger partial charge >= 0.3 is 0 Å². The van der Waals surface area contributed by atoms with Crippen molar-refractivity contribution in [3.8, 4) is 0 Å². The fourth-order valence-corrected chi connectivity index (χ4v) is 2.62. The summed E-state index contributed by atoms with van der Waals surface area (Å²) in [5, 5.41) is 5.36. The zero-order valence-corrected chi connectivity index (χ0v) is 11.4. The second kappa shape index (κ2) is 5.78. The topological polar surface area (TPSA) is 24.4 Å². The quantitative estimate of drug-likeness (QED) is 0.799. The monoisotopic (exact) mass is 228 g/mol. The first-order valence-electron chi connectivity index (χ1n) is 6.02. The number of hydrogen-bond acceptors (Lipinski definition) is 3. The van der Waals surface area contributed by atoms with Crippen LogP contribution < -0.4 is 5.32 Å². The fraction of sp³-hybridized carbons (Fsp3) is 0.917. The van der Waals surface area contributed by atoms with Gasteiger partial charge in [-0.3, -0.25) is 4.99 Å². The van der Waals surface area contributed by atoms with E-state index in [1.54, 1.807) is 0 Å². The molecule has 3 unspecified atom stereocenters. The van der Waals surface area contributed by atoms with E-state index in [1.165, 1.54) is 6.42 Å². The van der Waals surface area contributed by atoms with Crippen molar-refractivity contribution in [3.63, 3.8) is 0 Å². The van der Waals surface area contributed by atoms with Gasteiger partial charge in [-0.05, 0) is 18.8 Å². The van der Waals surface area contributed by atoms with Crippen LogP contribution in [0.25, 0.3) is 0 Å². The van der Waals surface area contributed by atoms with Gasteiger partial charge in [0.25, 0.3) is 0 Å². The molecule has 0 aliphatic carbocycles. The molecule has 0 amide bonds. The van der Waals surface area contributed by atoms with Crippen LogP contribution in [0.1, 0.15) is 41.0 Å². The molecule has 1 aliphatic rings. The van der Waals surface area contributed by atoms with Crippen LogP contribution >= 0.6 is 11.8 Å². The smallest absolute Gasteiger partial charge is 0.157 e. The summed E-state index contributed by atoms with van der Waals surface area (Å²) in [5.41, 5.74) is 0. The summed E-state index contributed by atoms with van der Waals surface area (Å²) >= 11 is 1.91. The molecule has 1 aliphatic heterocycles. The average molecular weight is 228 g/mol. The van der Waals surface area contributed by atoms with Crippen molar-refractivity contribution in [2.75, 3.05) is 6.54 Å². The Labute approximate surface area is 98.3 Å². The molecule has 0 bridgehead atoms. The minimum absolute atomic E-state index is 0.534. The molecular weight excluding hydrogens is 204 g/mol. The highest BCUT2D eigenvalue weighted by atomic mass is 32.2. The Hall–Kier alpha value is -0.180. The number of amidine groups is 1. The maximum atomic E-state index is 4.56. The SMILES string of the molecule is CCC(C)C(C)NC1=NCC(C(C)C)S1. The standard InChI is InChI=1S/C12H24N2S/c1-6-9(4)10(5)14-12-13-7-11(15-12)8(2)3/h8-11H,6-7H2,1-5H3,(H,13,14). The third-order valence-corrected chi connectivity index (χ3v) is 4.74. The molecule has 0 saturated carbocycles. The van der Waals surface area contributed by atoms with Crippen LogP contribution in [0.3, 0.4) is 0 Å². The largest absolute Gasteiger partial charge is 0.362 e. The first-order chi connectivity index (χ1) is 7.04. The van der Waals surface area contributed by atoms with Gasteiger partial charge in [-0.25, -0.2) is 0 Å². The Balaban J connectivity index is 2.35. The summed E-state index contributed by atoms with van der Waals surface area (Å²) in [5.74, 6) is 1.43. The molecule has 0 radical (unpaired) electrons. The van der Waals surface area contributed by atoms with E-state index in [0.717, 1.165) is 17.6 Å². The molecule has 0 saturated heterocycles. The molecule has 2 nitrogen and oxygen atoms in total. The van der Waals surface area contributed by atoms with Crippen LogP contribution in [-0.2, 0) is 0 Å². The van der Waals surface area contributed by atoms with E-state index in [0.29, 0.717) is 17.2 Å². The van der Waals surface area contributed by atoms with Crippen molar-refractivity contribution in [1.82, 2.24) is 5.32 Å². The van der Waals surface area contributed by atoms with Crippen LogP contribution in [0.4, 0.5) is 0 Å². The van der Waals surface area contributed by atoms with Gasteiger partial charge in [0, 0.05) is 11.3 Å². The summed E-state index contributed by atoms with van der Waals surface area (Å²) in [6.45, 7) is 12.3. The van der Waals surface area contributed by atoms with Gasteiger partial charge in [0.05, 0.1) is 6.54 Å². The van der Waals surface area contributed by atoms with Crippen molar-refractivity contribution in [2.24, 2.45) is 16.8 Å². The first-order valence-corrected chi connectivity index (χ1v) is 6.90. The Morgan fingerprint density at radius 1 is 1.40 bits per heavy atom. The molecule has 3 heteroatoms. The second-order valence-corrected chi connectivity index (χ2v) is 6.09. The molecule has 0 aromatic carbocycles. The molecule has 0 aromatic heterocycles. The fourth-order valence-electron chi connectivity index (χ4n) is 1.51. The van der Waals surface area contributed by atoms with E-state index in [1.807, 2.05) is 11.8 Å². The number of hydrogen-bond donors (Lipinski definition) is 1. The average Bonchev–Trinajstić information content (AvgIpc) is 2.65. The van der Waals surface area contributed by atoms with Crippen molar-refractivity contribution < 1.29 is 0 Å². The molecule has 1 heterocycles. The molecule has 0 spiro atoms. The number of thioether (sulfide) groups is 1.